The minimum absolute atomic E-state index is 0.603. The van der Waals surface area contributed by atoms with Crippen LogP contribution in [0.5, 0.6) is 0 Å². The molecule has 0 aliphatic heterocycles. The van der Waals surface area contributed by atoms with Gasteiger partial charge in [0.2, 0.25) is 0 Å². The SMILES string of the molecule is CN(C)c1cccc(C#CCS)c1. The van der Waals surface area contributed by atoms with Gasteiger partial charge in [-0.05, 0) is 18.2 Å². The highest BCUT2D eigenvalue weighted by molar-refractivity contribution is 7.80. The molecule has 0 amide bonds. The topological polar surface area (TPSA) is 3.24 Å². The van der Waals surface area contributed by atoms with Crippen LogP contribution in [0.2, 0.25) is 0 Å². The van der Waals surface area contributed by atoms with E-state index in [-0.39, 0.29) is 0 Å². The van der Waals surface area contributed by atoms with Gasteiger partial charge in [-0.15, -0.1) is 0 Å². The van der Waals surface area contributed by atoms with Gasteiger partial charge < -0.3 is 4.90 Å². The maximum Gasteiger partial charge on any atom is 0.0521 e. The molecule has 2 heteroatoms. The number of thiol groups is 1. The van der Waals surface area contributed by atoms with Crippen molar-refractivity contribution in [1.82, 2.24) is 0 Å². The molecule has 0 heterocycles. The van der Waals surface area contributed by atoms with Gasteiger partial charge in [-0.1, -0.05) is 17.9 Å². The number of hydrogen-bond acceptors (Lipinski definition) is 2. The highest BCUT2D eigenvalue weighted by Crippen LogP contribution is 2.12. The smallest absolute Gasteiger partial charge is 0.0521 e. The van der Waals surface area contributed by atoms with E-state index in [1.165, 1.54) is 5.69 Å². The summed E-state index contributed by atoms with van der Waals surface area (Å²) < 4.78 is 0. The van der Waals surface area contributed by atoms with Crippen LogP contribution in [-0.4, -0.2) is 19.8 Å². The van der Waals surface area contributed by atoms with Gasteiger partial charge >= 0.3 is 0 Å². The Morgan fingerprint density at radius 1 is 1.38 bits per heavy atom. The molecule has 0 N–H and O–H groups in total. The van der Waals surface area contributed by atoms with Crippen molar-refractivity contribution in [1.29, 1.82) is 0 Å². The number of hydrogen-bond donors (Lipinski definition) is 1. The van der Waals surface area contributed by atoms with Crippen LogP contribution in [0.4, 0.5) is 5.69 Å². The van der Waals surface area contributed by atoms with Crippen LogP contribution < -0.4 is 4.90 Å². The van der Waals surface area contributed by atoms with Gasteiger partial charge in [-0.2, -0.15) is 12.6 Å². The van der Waals surface area contributed by atoms with Crippen molar-refractivity contribution in [3.63, 3.8) is 0 Å². The Hall–Kier alpha value is -1.07. The minimum atomic E-state index is 0.603. The molecule has 0 radical (unpaired) electrons. The Morgan fingerprint density at radius 2 is 2.15 bits per heavy atom. The van der Waals surface area contributed by atoms with Gasteiger partial charge in [0.25, 0.3) is 0 Å². The third-order valence-electron chi connectivity index (χ3n) is 1.67. The summed E-state index contributed by atoms with van der Waals surface area (Å²) in [5, 5.41) is 0. The molecule has 0 aliphatic rings. The van der Waals surface area contributed by atoms with Crippen molar-refractivity contribution < 1.29 is 0 Å². The highest BCUT2D eigenvalue weighted by Gasteiger charge is 1.93. The molecule has 0 fully saturated rings. The highest BCUT2D eigenvalue weighted by atomic mass is 32.1. The third-order valence-corrected chi connectivity index (χ3v) is 1.83. The van der Waals surface area contributed by atoms with E-state index in [2.05, 4.69) is 41.5 Å². The van der Waals surface area contributed by atoms with Crippen LogP contribution in [0.15, 0.2) is 24.3 Å². The second-order valence-electron chi connectivity index (χ2n) is 2.90. The summed E-state index contributed by atoms with van der Waals surface area (Å²) in [5.74, 6) is 6.57. The summed E-state index contributed by atoms with van der Waals surface area (Å²) in [4.78, 5) is 2.06. The Kier molecular flexibility index (Phi) is 3.72. The molecule has 1 aromatic rings. The Bertz CT molecular complexity index is 333. The molecule has 0 atom stereocenters. The number of nitrogens with zero attached hydrogens (tertiary/aromatic N) is 1. The summed E-state index contributed by atoms with van der Waals surface area (Å²) in [6.07, 6.45) is 0. The predicted molar refractivity (Wildman–Crippen MR) is 61.5 cm³/mol. The van der Waals surface area contributed by atoms with Gasteiger partial charge in [0.05, 0.1) is 5.75 Å². The van der Waals surface area contributed by atoms with Crippen LogP contribution in [0.3, 0.4) is 0 Å². The van der Waals surface area contributed by atoms with E-state index in [1.807, 2.05) is 26.2 Å². The van der Waals surface area contributed by atoms with E-state index in [4.69, 9.17) is 0 Å². The zero-order valence-electron chi connectivity index (χ0n) is 7.91. The summed E-state index contributed by atoms with van der Waals surface area (Å²) >= 11 is 4.03. The van der Waals surface area contributed by atoms with Crippen molar-refractivity contribution in [3.05, 3.63) is 29.8 Å². The monoisotopic (exact) mass is 191 g/mol. The van der Waals surface area contributed by atoms with E-state index in [0.717, 1.165) is 5.56 Å². The molecule has 1 aromatic carbocycles. The number of rotatable bonds is 1. The second kappa shape index (κ2) is 4.84. The zero-order chi connectivity index (χ0) is 9.68. The molecule has 0 spiro atoms. The van der Waals surface area contributed by atoms with E-state index < -0.39 is 0 Å². The van der Waals surface area contributed by atoms with E-state index in [1.54, 1.807) is 0 Å². The second-order valence-corrected chi connectivity index (χ2v) is 3.22. The van der Waals surface area contributed by atoms with Crippen LogP contribution in [0, 0.1) is 11.8 Å². The van der Waals surface area contributed by atoms with Crippen molar-refractivity contribution in [2.75, 3.05) is 24.7 Å². The largest absolute Gasteiger partial charge is 0.378 e. The lowest BCUT2D eigenvalue weighted by Gasteiger charge is -2.11. The van der Waals surface area contributed by atoms with E-state index >= 15 is 0 Å². The fraction of sp³-hybridized carbons (Fsp3) is 0.273. The van der Waals surface area contributed by atoms with Gasteiger partial charge in [-0.25, -0.2) is 0 Å². The molecule has 0 bridgehead atoms. The first-order valence-electron chi connectivity index (χ1n) is 4.11. The Balaban J connectivity index is 2.92. The molecule has 0 aromatic heterocycles. The van der Waals surface area contributed by atoms with Gasteiger partial charge in [0.15, 0.2) is 0 Å². The lowest BCUT2D eigenvalue weighted by molar-refractivity contribution is 1.13. The van der Waals surface area contributed by atoms with Crippen LogP contribution in [0.1, 0.15) is 5.56 Å². The normalized spacial score (nSPS) is 8.85. The summed E-state index contributed by atoms with van der Waals surface area (Å²) in [7, 11) is 4.04. The fourth-order valence-corrected chi connectivity index (χ4v) is 1.08. The first kappa shape index (κ1) is 10.0. The molecular formula is C11H13NS. The minimum Gasteiger partial charge on any atom is -0.378 e. The molecule has 1 rings (SSSR count). The van der Waals surface area contributed by atoms with Crippen LogP contribution in [-0.2, 0) is 0 Å². The van der Waals surface area contributed by atoms with Gasteiger partial charge in [0, 0.05) is 25.3 Å². The van der Waals surface area contributed by atoms with Crippen molar-refractivity contribution >= 4 is 18.3 Å². The van der Waals surface area contributed by atoms with Crippen molar-refractivity contribution in [2.45, 2.75) is 0 Å². The molecule has 13 heavy (non-hydrogen) atoms. The Labute approximate surface area is 85.2 Å². The molecular weight excluding hydrogens is 178 g/mol. The first-order chi connectivity index (χ1) is 6.24. The summed E-state index contributed by atoms with van der Waals surface area (Å²) in [6.45, 7) is 0. The van der Waals surface area contributed by atoms with Crippen LogP contribution >= 0.6 is 12.6 Å². The predicted octanol–water partition coefficient (Wildman–Crippen LogP) is 2.03. The summed E-state index contributed by atoms with van der Waals surface area (Å²) in [6, 6.07) is 8.14. The van der Waals surface area contributed by atoms with E-state index in [0.29, 0.717) is 5.75 Å². The molecule has 1 nitrogen and oxygen atoms in total. The van der Waals surface area contributed by atoms with Gasteiger partial charge in [-0.3, -0.25) is 0 Å². The maximum absolute atomic E-state index is 4.03. The quantitative estimate of drug-likeness (QED) is 0.525. The fourth-order valence-electron chi connectivity index (χ4n) is 1.00. The van der Waals surface area contributed by atoms with Gasteiger partial charge in [0.1, 0.15) is 0 Å². The molecule has 0 saturated carbocycles. The van der Waals surface area contributed by atoms with Crippen LogP contribution in [0.25, 0.3) is 0 Å². The molecule has 68 valence electrons. The molecule has 0 saturated heterocycles. The standard InChI is InChI=1S/C11H13NS/c1-12(2)11-7-3-5-10(9-11)6-4-8-13/h3,5,7,9,13H,8H2,1-2H3. The van der Waals surface area contributed by atoms with Crippen molar-refractivity contribution in [3.8, 4) is 11.8 Å². The average Bonchev–Trinajstić information content (AvgIpc) is 2.15. The summed E-state index contributed by atoms with van der Waals surface area (Å²) in [5.41, 5.74) is 2.21. The maximum atomic E-state index is 4.03. The third kappa shape index (κ3) is 3.04. The van der Waals surface area contributed by atoms with Crippen molar-refractivity contribution in [2.24, 2.45) is 0 Å². The molecule has 0 aliphatic carbocycles. The lowest BCUT2D eigenvalue weighted by Crippen LogP contribution is -2.08. The zero-order valence-corrected chi connectivity index (χ0v) is 8.81. The molecule has 0 unspecified atom stereocenters. The number of benzene rings is 1. The lowest BCUT2D eigenvalue weighted by atomic mass is 10.2. The number of anilines is 1. The Morgan fingerprint density at radius 3 is 2.77 bits per heavy atom. The average molecular weight is 191 g/mol. The van der Waals surface area contributed by atoms with E-state index in [9.17, 15) is 0 Å². The first-order valence-corrected chi connectivity index (χ1v) is 4.74.